The summed E-state index contributed by atoms with van der Waals surface area (Å²) in [6.07, 6.45) is 1.79. The standard InChI is InChI=1S/C19H22FNSi/c1-19(2,3)22(4,5)13-12-18-11-8-16(14-21-18)15-6-9-17(20)10-7-15/h6-11,14H,1-5H3. The Bertz CT molecular complexity index is 698. The average molecular weight is 311 g/mol. The Hall–Kier alpha value is -1.92. The molecule has 1 heterocycles. The topological polar surface area (TPSA) is 12.9 Å². The summed E-state index contributed by atoms with van der Waals surface area (Å²) in [5.41, 5.74) is 6.17. The first-order valence-electron chi connectivity index (χ1n) is 7.44. The van der Waals surface area contributed by atoms with Crippen molar-refractivity contribution < 1.29 is 4.39 Å². The van der Waals surface area contributed by atoms with Crippen molar-refractivity contribution in [3.63, 3.8) is 0 Å². The molecular formula is C19H22FNSi. The number of nitrogens with zero attached hydrogens (tertiary/aromatic N) is 1. The molecule has 0 bridgehead atoms. The second-order valence-corrected chi connectivity index (χ2v) is 12.1. The van der Waals surface area contributed by atoms with Gasteiger partial charge in [-0.15, -0.1) is 5.54 Å². The van der Waals surface area contributed by atoms with Gasteiger partial charge in [0.05, 0.1) is 0 Å². The van der Waals surface area contributed by atoms with Crippen molar-refractivity contribution in [1.29, 1.82) is 0 Å². The van der Waals surface area contributed by atoms with Crippen molar-refractivity contribution in [2.75, 3.05) is 0 Å². The molecule has 1 aromatic heterocycles. The molecule has 0 saturated carbocycles. The summed E-state index contributed by atoms with van der Waals surface area (Å²) in [7, 11) is -1.61. The van der Waals surface area contributed by atoms with E-state index < -0.39 is 8.07 Å². The lowest BCUT2D eigenvalue weighted by atomic mass is 10.1. The van der Waals surface area contributed by atoms with Crippen LogP contribution in [0.3, 0.4) is 0 Å². The molecule has 0 atom stereocenters. The molecule has 22 heavy (non-hydrogen) atoms. The fourth-order valence-corrected chi connectivity index (χ4v) is 2.50. The minimum atomic E-state index is -1.61. The molecule has 0 N–H and O–H groups in total. The highest BCUT2D eigenvalue weighted by atomic mass is 28.3. The molecule has 0 spiro atoms. The normalized spacial score (nSPS) is 11.7. The fraction of sp³-hybridized carbons (Fsp3) is 0.316. The predicted molar refractivity (Wildman–Crippen MR) is 93.7 cm³/mol. The zero-order chi connectivity index (χ0) is 16.4. The molecular weight excluding hydrogens is 289 g/mol. The van der Waals surface area contributed by atoms with E-state index in [-0.39, 0.29) is 10.9 Å². The van der Waals surface area contributed by atoms with Gasteiger partial charge in [-0.1, -0.05) is 58.0 Å². The van der Waals surface area contributed by atoms with Crippen LogP contribution >= 0.6 is 0 Å². The number of aromatic nitrogens is 1. The van der Waals surface area contributed by atoms with E-state index in [1.807, 2.05) is 12.1 Å². The zero-order valence-electron chi connectivity index (χ0n) is 13.9. The van der Waals surface area contributed by atoms with Crippen molar-refractivity contribution in [2.45, 2.75) is 38.9 Å². The Balaban J connectivity index is 2.22. The van der Waals surface area contributed by atoms with Gasteiger partial charge in [0.1, 0.15) is 19.6 Å². The van der Waals surface area contributed by atoms with E-state index in [4.69, 9.17) is 0 Å². The molecule has 1 nitrogen and oxygen atoms in total. The van der Waals surface area contributed by atoms with Crippen LogP contribution in [0.2, 0.25) is 18.1 Å². The first kappa shape index (κ1) is 16.4. The second kappa shape index (κ2) is 6.06. The van der Waals surface area contributed by atoms with E-state index in [9.17, 15) is 4.39 Å². The second-order valence-electron chi connectivity index (χ2n) is 7.06. The summed E-state index contributed by atoms with van der Waals surface area (Å²) < 4.78 is 12.9. The van der Waals surface area contributed by atoms with Crippen LogP contribution in [0.1, 0.15) is 26.5 Å². The summed E-state index contributed by atoms with van der Waals surface area (Å²) in [5.74, 6) is 2.99. The van der Waals surface area contributed by atoms with Crippen LogP contribution in [-0.4, -0.2) is 13.1 Å². The van der Waals surface area contributed by atoms with Gasteiger partial charge in [0.25, 0.3) is 0 Å². The molecule has 0 aliphatic rings. The van der Waals surface area contributed by atoms with E-state index >= 15 is 0 Å². The predicted octanol–water partition coefficient (Wildman–Crippen LogP) is 5.29. The third kappa shape index (κ3) is 3.83. The highest BCUT2D eigenvalue weighted by Gasteiger charge is 2.33. The molecule has 0 aliphatic heterocycles. The number of rotatable bonds is 1. The Morgan fingerprint density at radius 2 is 1.55 bits per heavy atom. The lowest BCUT2D eigenvalue weighted by Gasteiger charge is -2.31. The van der Waals surface area contributed by atoms with Crippen molar-refractivity contribution >= 4 is 8.07 Å². The summed E-state index contributed by atoms with van der Waals surface area (Å²) in [6.45, 7) is 11.3. The maximum Gasteiger partial charge on any atom is 0.138 e. The SMILES string of the molecule is CC(C)(C)[Si](C)(C)C#Cc1ccc(-c2ccc(F)cc2)cn1. The molecule has 114 valence electrons. The van der Waals surface area contributed by atoms with E-state index in [1.54, 1.807) is 18.3 Å². The van der Waals surface area contributed by atoms with Gasteiger partial charge in [0, 0.05) is 11.8 Å². The van der Waals surface area contributed by atoms with Gasteiger partial charge in [0.15, 0.2) is 0 Å². The summed E-state index contributed by atoms with van der Waals surface area (Å²) in [6, 6.07) is 10.3. The number of halogens is 1. The summed E-state index contributed by atoms with van der Waals surface area (Å²) >= 11 is 0. The van der Waals surface area contributed by atoms with Crippen LogP contribution in [-0.2, 0) is 0 Å². The van der Waals surface area contributed by atoms with Crippen LogP contribution in [0.5, 0.6) is 0 Å². The number of benzene rings is 1. The van der Waals surface area contributed by atoms with Gasteiger partial charge in [0.2, 0.25) is 0 Å². The van der Waals surface area contributed by atoms with Crippen LogP contribution in [0.25, 0.3) is 11.1 Å². The smallest absolute Gasteiger partial charge is 0.138 e. The molecule has 0 saturated heterocycles. The van der Waals surface area contributed by atoms with Crippen LogP contribution < -0.4 is 0 Å². The van der Waals surface area contributed by atoms with Gasteiger partial charge in [-0.05, 0) is 28.8 Å². The summed E-state index contributed by atoms with van der Waals surface area (Å²) in [4.78, 5) is 4.42. The maximum atomic E-state index is 12.9. The first-order chi connectivity index (χ1) is 10.2. The lowest BCUT2D eigenvalue weighted by molar-refractivity contribution is 0.628. The average Bonchev–Trinajstić information content (AvgIpc) is 2.45. The molecule has 2 aromatic rings. The zero-order valence-corrected chi connectivity index (χ0v) is 14.9. The quantitative estimate of drug-likeness (QED) is 0.515. The number of hydrogen-bond donors (Lipinski definition) is 0. The van der Waals surface area contributed by atoms with Gasteiger partial charge >= 0.3 is 0 Å². The fourth-order valence-electron chi connectivity index (χ4n) is 1.69. The minimum Gasteiger partial charge on any atom is -0.247 e. The largest absolute Gasteiger partial charge is 0.247 e. The third-order valence-electron chi connectivity index (χ3n) is 4.32. The highest BCUT2D eigenvalue weighted by Crippen LogP contribution is 2.35. The number of pyridine rings is 1. The van der Waals surface area contributed by atoms with Gasteiger partial charge < -0.3 is 0 Å². The molecule has 0 aliphatic carbocycles. The van der Waals surface area contributed by atoms with Gasteiger partial charge in [-0.3, -0.25) is 0 Å². The van der Waals surface area contributed by atoms with Gasteiger partial charge in [-0.2, -0.15) is 0 Å². The molecule has 3 heteroatoms. The Kier molecular flexibility index (Phi) is 4.53. The Morgan fingerprint density at radius 1 is 0.955 bits per heavy atom. The van der Waals surface area contributed by atoms with Crippen molar-refractivity contribution in [3.8, 4) is 22.6 Å². The first-order valence-corrected chi connectivity index (χ1v) is 10.4. The minimum absolute atomic E-state index is 0.228. The van der Waals surface area contributed by atoms with E-state index in [2.05, 4.69) is 50.3 Å². The van der Waals surface area contributed by atoms with E-state index in [1.165, 1.54) is 12.1 Å². The summed E-state index contributed by atoms with van der Waals surface area (Å²) in [5, 5.41) is 0.244. The van der Waals surface area contributed by atoms with Crippen molar-refractivity contribution in [2.24, 2.45) is 0 Å². The molecule has 0 unspecified atom stereocenters. The van der Waals surface area contributed by atoms with Crippen LogP contribution in [0, 0.1) is 17.3 Å². The van der Waals surface area contributed by atoms with E-state index in [0.29, 0.717) is 0 Å². The van der Waals surface area contributed by atoms with E-state index in [0.717, 1.165) is 16.8 Å². The maximum absolute atomic E-state index is 12.9. The molecule has 0 radical (unpaired) electrons. The molecule has 0 amide bonds. The van der Waals surface area contributed by atoms with Crippen molar-refractivity contribution in [3.05, 3.63) is 54.1 Å². The Labute approximate surface area is 133 Å². The number of hydrogen-bond acceptors (Lipinski definition) is 1. The van der Waals surface area contributed by atoms with Crippen LogP contribution in [0.4, 0.5) is 4.39 Å². The van der Waals surface area contributed by atoms with Gasteiger partial charge in [-0.25, -0.2) is 9.37 Å². The van der Waals surface area contributed by atoms with Crippen molar-refractivity contribution in [1.82, 2.24) is 4.98 Å². The third-order valence-corrected chi connectivity index (χ3v) is 8.82. The molecule has 1 aromatic carbocycles. The molecule has 0 fully saturated rings. The monoisotopic (exact) mass is 311 g/mol. The lowest BCUT2D eigenvalue weighted by Crippen LogP contribution is -2.35. The highest BCUT2D eigenvalue weighted by molar-refractivity contribution is 6.87. The van der Waals surface area contributed by atoms with Crippen LogP contribution in [0.15, 0.2) is 42.6 Å². The Morgan fingerprint density at radius 3 is 2.05 bits per heavy atom. The molecule has 2 rings (SSSR count).